The molecule has 0 atom stereocenters. The van der Waals surface area contributed by atoms with Crippen LogP contribution in [0.25, 0.3) is 10.9 Å². The van der Waals surface area contributed by atoms with Crippen LogP contribution in [0.5, 0.6) is 0 Å². The summed E-state index contributed by atoms with van der Waals surface area (Å²) in [6, 6.07) is 24.5. The average molecular weight is 557 g/mol. The molecule has 0 saturated carbocycles. The number of carbonyl (C=O) groups excluding carboxylic acids is 1. The lowest BCUT2D eigenvalue weighted by atomic mass is 9.89. The number of hydrogen-bond donors (Lipinski definition) is 2. The number of fused-ring (bicyclic) bond motifs is 1. The first-order chi connectivity index (χ1) is 19.3. The van der Waals surface area contributed by atoms with Gasteiger partial charge in [-0.1, -0.05) is 62.4 Å². The van der Waals surface area contributed by atoms with Gasteiger partial charge in [0.25, 0.3) is 15.9 Å². The van der Waals surface area contributed by atoms with Gasteiger partial charge in [0.2, 0.25) is 0 Å². The zero-order valence-corrected chi connectivity index (χ0v) is 23.8. The second-order valence-electron chi connectivity index (χ2n) is 10.9. The average Bonchev–Trinajstić information content (AvgIpc) is 2.96. The summed E-state index contributed by atoms with van der Waals surface area (Å²) in [5, 5.41) is 3.75. The molecule has 1 aliphatic rings. The topological polar surface area (TPSA) is 91.4 Å². The molecular formula is C32H36N4O3S. The molecule has 0 bridgehead atoms. The minimum Gasteiger partial charge on any atom is -0.371 e. The Bertz CT molecular complexity index is 1580. The second-order valence-corrected chi connectivity index (χ2v) is 12.5. The van der Waals surface area contributed by atoms with Gasteiger partial charge in [-0.2, -0.15) is 0 Å². The number of hydrogen-bond acceptors (Lipinski definition) is 5. The summed E-state index contributed by atoms with van der Waals surface area (Å²) in [5.74, 6) is 0.682. The quantitative estimate of drug-likeness (QED) is 0.269. The molecule has 0 spiro atoms. The summed E-state index contributed by atoms with van der Waals surface area (Å²) < 4.78 is 29.5. The van der Waals surface area contributed by atoms with Crippen molar-refractivity contribution in [3.8, 4) is 0 Å². The number of piperidine rings is 1. The first-order valence-corrected chi connectivity index (χ1v) is 15.4. The van der Waals surface area contributed by atoms with Crippen LogP contribution < -0.4 is 14.9 Å². The number of nitrogens with one attached hydrogen (secondary N) is 2. The van der Waals surface area contributed by atoms with Crippen molar-refractivity contribution in [2.75, 3.05) is 29.3 Å². The van der Waals surface area contributed by atoms with Gasteiger partial charge < -0.3 is 10.2 Å². The number of nitrogens with zero attached hydrogens (tertiary/aromatic N) is 2. The van der Waals surface area contributed by atoms with E-state index < -0.39 is 10.0 Å². The fraction of sp³-hybridized carbons (Fsp3) is 0.312. The van der Waals surface area contributed by atoms with Crippen LogP contribution >= 0.6 is 0 Å². The van der Waals surface area contributed by atoms with E-state index in [9.17, 15) is 13.2 Å². The number of para-hydroxylation sites is 1. The van der Waals surface area contributed by atoms with Crippen molar-refractivity contribution < 1.29 is 13.2 Å². The number of benzene rings is 3. The van der Waals surface area contributed by atoms with Gasteiger partial charge in [0.1, 0.15) is 4.90 Å². The summed E-state index contributed by atoms with van der Waals surface area (Å²) in [5.41, 5.74) is 3.40. The van der Waals surface area contributed by atoms with Crippen LogP contribution in [0.15, 0.2) is 90.0 Å². The van der Waals surface area contributed by atoms with Crippen LogP contribution in [0, 0.1) is 11.8 Å². The lowest BCUT2D eigenvalue weighted by molar-refractivity contribution is 0.0949. The SMILES string of the molecule is CC(C)CNC(=O)c1cc(NS(=O)(=O)c2cccc3cccnc23)ccc1N1CCC(Cc2ccccc2)CC1. The molecule has 0 unspecified atom stereocenters. The number of pyridine rings is 1. The number of anilines is 2. The molecule has 1 aromatic heterocycles. The third-order valence-corrected chi connectivity index (χ3v) is 8.78. The second kappa shape index (κ2) is 12.1. The molecular weight excluding hydrogens is 520 g/mol. The number of carbonyl (C=O) groups is 1. The minimum atomic E-state index is -3.94. The van der Waals surface area contributed by atoms with Gasteiger partial charge in [0, 0.05) is 42.6 Å². The molecule has 1 fully saturated rings. The molecule has 1 amide bonds. The van der Waals surface area contributed by atoms with Gasteiger partial charge in [-0.15, -0.1) is 0 Å². The van der Waals surface area contributed by atoms with E-state index in [-0.39, 0.29) is 10.8 Å². The van der Waals surface area contributed by atoms with Crippen LogP contribution in [0.1, 0.15) is 42.6 Å². The Morgan fingerprint density at radius 2 is 1.73 bits per heavy atom. The summed E-state index contributed by atoms with van der Waals surface area (Å²) in [7, 11) is -3.94. The van der Waals surface area contributed by atoms with Crippen molar-refractivity contribution in [1.82, 2.24) is 10.3 Å². The van der Waals surface area contributed by atoms with E-state index in [4.69, 9.17) is 0 Å². The van der Waals surface area contributed by atoms with Gasteiger partial charge in [0.15, 0.2) is 0 Å². The van der Waals surface area contributed by atoms with Crippen LogP contribution in [-0.2, 0) is 16.4 Å². The minimum absolute atomic E-state index is 0.0981. The smallest absolute Gasteiger partial charge is 0.264 e. The van der Waals surface area contributed by atoms with Gasteiger partial charge in [-0.25, -0.2) is 8.42 Å². The monoisotopic (exact) mass is 556 g/mol. The fourth-order valence-electron chi connectivity index (χ4n) is 5.28. The molecule has 0 radical (unpaired) electrons. The molecule has 3 aromatic carbocycles. The van der Waals surface area contributed by atoms with E-state index in [0.29, 0.717) is 35.1 Å². The number of sulfonamides is 1. The maximum Gasteiger partial charge on any atom is 0.264 e. The fourth-order valence-corrected chi connectivity index (χ4v) is 6.51. The zero-order valence-electron chi connectivity index (χ0n) is 23.0. The molecule has 1 aliphatic heterocycles. The molecule has 5 rings (SSSR count). The van der Waals surface area contributed by atoms with Crippen molar-refractivity contribution >= 4 is 38.2 Å². The predicted octanol–water partition coefficient (Wildman–Crippen LogP) is 5.88. The van der Waals surface area contributed by atoms with E-state index in [0.717, 1.165) is 43.4 Å². The predicted molar refractivity (Wildman–Crippen MR) is 161 cm³/mol. The molecule has 208 valence electrons. The number of aromatic nitrogens is 1. The maximum atomic E-state index is 13.4. The molecule has 4 aromatic rings. The molecule has 2 heterocycles. The highest BCUT2D eigenvalue weighted by Gasteiger charge is 2.25. The first-order valence-electron chi connectivity index (χ1n) is 13.9. The highest BCUT2D eigenvalue weighted by molar-refractivity contribution is 7.93. The molecule has 2 N–H and O–H groups in total. The number of rotatable bonds is 9. The van der Waals surface area contributed by atoms with E-state index in [2.05, 4.69) is 44.2 Å². The van der Waals surface area contributed by atoms with Gasteiger partial charge >= 0.3 is 0 Å². The zero-order chi connectivity index (χ0) is 28.1. The van der Waals surface area contributed by atoms with Gasteiger partial charge in [-0.05, 0) is 67.0 Å². The normalized spacial score (nSPS) is 14.4. The summed E-state index contributed by atoms with van der Waals surface area (Å²) >= 11 is 0. The third kappa shape index (κ3) is 6.45. The highest BCUT2D eigenvalue weighted by atomic mass is 32.2. The van der Waals surface area contributed by atoms with Crippen LogP contribution in [0.3, 0.4) is 0 Å². The van der Waals surface area contributed by atoms with Crippen molar-refractivity contribution in [3.63, 3.8) is 0 Å². The van der Waals surface area contributed by atoms with Crippen LogP contribution in [0.2, 0.25) is 0 Å². The van der Waals surface area contributed by atoms with E-state index in [1.54, 1.807) is 36.5 Å². The Kier molecular flexibility index (Phi) is 8.35. The standard InChI is InChI=1S/C32H36N4O3S/c1-23(2)22-34-32(37)28-21-27(35-40(38,39)30-12-6-10-26-11-7-17-33-31(26)30)13-14-29(28)36-18-15-25(16-19-36)20-24-8-4-3-5-9-24/h3-14,17,21,23,25,35H,15-16,18-20,22H2,1-2H3,(H,34,37). The molecule has 8 heteroatoms. The van der Waals surface area contributed by atoms with Crippen LogP contribution in [-0.4, -0.2) is 38.9 Å². The molecule has 40 heavy (non-hydrogen) atoms. The first kappa shape index (κ1) is 27.6. The molecule has 7 nitrogen and oxygen atoms in total. The highest BCUT2D eigenvalue weighted by Crippen LogP contribution is 2.31. The molecule has 1 saturated heterocycles. The lowest BCUT2D eigenvalue weighted by Crippen LogP contribution is -2.36. The maximum absolute atomic E-state index is 13.4. The Morgan fingerprint density at radius 3 is 2.48 bits per heavy atom. The summed E-state index contributed by atoms with van der Waals surface area (Å²) in [6.07, 6.45) is 4.70. The lowest BCUT2D eigenvalue weighted by Gasteiger charge is -2.35. The summed E-state index contributed by atoms with van der Waals surface area (Å²) in [4.78, 5) is 20.0. The van der Waals surface area contributed by atoms with Gasteiger partial charge in [0.05, 0.1) is 11.1 Å². The van der Waals surface area contributed by atoms with Crippen LogP contribution in [0.4, 0.5) is 11.4 Å². The van der Waals surface area contributed by atoms with Crippen molar-refractivity contribution in [3.05, 3.63) is 96.2 Å². The van der Waals surface area contributed by atoms with E-state index in [1.165, 1.54) is 5.56 Å². The molecule has 0 aliphatic carbocycles. The van der Waals surface area contributed by atoms with Gasteiger partial charge in [-0.3, -0.25) is 14.5 Å². The number of amides is 1. The Labute approximate surface area is 236 Å². The van der Waals surface area contributed by atoms with E-state index in [1.807, 2.05) is 38.1 Å². The summed E-state index contributed by atoms with van der Waals surface area (Å²) in [6.45, 7) is 6.31. The Balaban J connectivity index is 1.38. The Hall–Kier alpha value is -3.91. The largest absolute Gasteiger partial charge is 0.371 e. The third-order valence-electron chi connectivity index (χ3n) is 7.37. The van der Waals surface area contributed by atoms with Crippen molar-refractivity contribution in [2.24, 2.45) is 11.8 Å². The van der Waals surface area contributed by atoms with Crippen molar-refractivity contribution in [2.45, 2.75) is 38.0 Å². The van der Waals surface area contributed by atoms with Crippen molar-refractivity contribution in [1.29, 1.82) is 0 Å². The van der Waals surface area contributed by atoms with E-state index >= 15 is 0 Å². The Morgan fingerprint density at radius 1 is 0.975 bits per heavy atom.